The molecule has 2 heterocycles. The van der Waals surface area contributed by atoms with Crippen molar-refractivity contribution in [2.45, 2.75) is 96.0 Å². The van der Waals surface area contributed by atoms with Crippen LogP contribution >= 0.6 is 0 Å². The lowest BCUT2D eigenvalue weighted by Crippen LogP contribution is -2.58. The van der Waals surface area contributed by atoms with Crippen LogP contribution in [0, 0.1) is 23.7 Å². The maximum Gasteiger partial charge on any atom is 0.317 e. The van der Waals surface area contributed by atoms with Gasteiger partial charge in [0.2, 0.25) is 0 Å². The molecule has 0 spiro atoms. The highest BCUT2D eigenvalue weighted by Gasteiger charge is 2.63. The minimum absolute atomic E-state index is 0.00135. The Morgan fingerprint density at radius 1 is 1.03 bits per heavy atom. The van der Waals surface area contributed by atoms with Gasteiger partial charge >= 0.3 is 12.0 Å². The van der Waals surface area contributed by atoms with Crippen LogP contribution in [0.4, 0.5) is 4.79 Å². The van der Waals surface area contributed by atoms with Gasteiger partial charge in [0.1, 0.15) is 5.60 Å². The number of cyclic esters (lactones) is 1. The number of nitrogens with one attached hydrogen (secondary N) is 1. The van der Waals surface area contributed by atoms with E-state index in [9.17, 15) is 9.59 Å². The predicted octanol–water partition coefficient (Wildman–Crippen LogP) is 4.89. The van der Waals surface area contributed by atoms with E-state index >= 15 is 0 Å². The summed E-state index contributed by atoms with van der Waals surface area (Å²) in [6.07, 6.45) is 15.3. The fourth-order valence-corrected chi connectivity index (χ4v) is 6.90. The van der Waals surface area contributed by atoms with Crippen molar-refractivity contribution in [1.82, 2.24) is 10.2 Å². The van der Waals surface area contributed by atoms with E-state index in [1.54, 1.807) is 0 Å². The van der Waals surface area contributed by atoms with Gasteiger partial charge in [-0.2, -0.15) is 0 Å². The number of nitrogens with zero attached hydrogens (tertiary/aromatic N) is 1. The molecule has 0 bridgehead atoms. The molecule has 5 nitrogen and oxygen atoms in total. The zero-order chi connectivity index (χ0) is 20.3. The molecular formula is C24H40N2O3. The number of ether oxygens (including phenoxy) is 1. The average Bonchev–Trinajstić information content (AvgIpc) is 3.08. The number of fused-ring (bicyclic) bond motifs is 1. The fraction of sp³-hybridized carbons (Fsp3) is 0.917. The minimum Gasteiger partial charge on any atom is -0.458 e. The van der Waals surface area contributed by atoms with Gasteiger partial charge in [-0.15, -0.1) is 0 Å². The number of amides is 2. The number of carbonyl (C=O) groups is 2. The molecule has 2 aliphatic carbocycles. The van der Waals surface area contributed by atoms with Crippen molar-refractivity contribution in [3.05, 3.63) is 0 Å². The highest BCUT2D eigenvalue weighted by molar-refractivity contribution is 5.78. The summed E-state index contributed by atoms with van der Waals surface area (Å²) in [5, 5.41) is 3.09. The van der Waals surface area contributed by atoms with E-state index in [0.29, 0.717) is 24.9 Å². The van der Waals surface area contributed by atoms with Crippen molar-refractivity contribution in [2.24, 2.45) is 23.7 Å². The average molecular weight is 405 g/mol. The SMILES string of the molecule is CCCCNC(=O)N1CC[C@H]2C(=O)OC(C3CCCCC3)(C3CCCCC3)[C@H]2C1. The smallest absolute Gasteiger partial charge is 0.317 e. The first-order valence-corrected chi connectivity index (χ1v) is 12.4. The van der Waals surface area contributed by atoms with Crippen LogP contribution < -0.4 is 5.32 Å². The first-order chi connectivity index (χ1) is 14.2. The van der Waals surface area contributed by atoms with Crippen molar-refractivity contribution >= 4 is 12.0 Å². The van der Waals surface area contributed by atoms with Gasteiger partial charge < -0.3 is 15.0 Å². The molecule has 0 aromatic rings. The van der Waals surface area contributed by atoms with E-state index in [4.69, 9.17) is 4.74 Å². The Kier molecular flexibility index (Phi) is 6.70. The molecule has 29 heavy (non-hydrogen) atoms. The number of esters is 1. The second-order valence-electron chi connectivity index (χ2n) is 9.98. The minimum atomic E-state index is -0.315. The van der Waals surface area contributed by atoms with Crippen molar-refractivity contribution in [2.75, 3.05) is 19.6 Å². The maximum absolute atomic E-state index is 13.1. The zero-order valence-electron chi connectivity index (χ0n) is 18.3. The van der Waals surface area contributed by atoms with Gasteiger partial charge in [0.25, 0.3) is 0 Å². The van der Waals surface area contributed by atoms with Gasteiger partial charge in [-0.3, -0.25) is 4.79 Å². The summed E-state index contributed by atoms with van der Waals surface area (Å²) in [6, 6.07) is 0.0532. The van der Waals surface area contributed by atoms with Gasteiger partial charge in [-0.1, -0.05) is 51.9 Å². The molecule has 0 unspecified atom stereocenters. The van der Waals surface area contributed by atoms with Crippen LogP contribution in [-0.4, -0.2) is 42.1 Å². The summed E-state index contributed by atoms with van der Waals surface area (Å²) in [5.41, 5.74) is -0.315. The van der Waals surface area contributed by atoms with Crippen LogP contribution in [-0.2, 0) is 9.53 Å². The number of urea groups is 1. The summed E-state index contributed by atoms with van der Waals surface area (Å²) in [4.78, 5) is 27.8. The number of rotatable bonds is 5. The Hall–Kier alpha value is -1.26. The molecule has 2 atom stereocenters. The first kappa shape index (κ1) is 21.0. The maximum atomic E-state index is 13.1. The lowest BCUT2D eigenvalue weighted by atomic mass is 9.59. The van der Waals surface area contributed by atoms with Crippen molar-refractivity contribution in [3.8, 4) is 0 Å². The standard InChI is InChI=1S/C24H40N2O3/c1-2-3-15-25-23(28)26-16-14-20-21(17-26)24(29-22(20)27,18-10-6-4-7-11-18)19-12-8-5-9-13-19/h18-21H,2-17H2,1H3,(H,25,28)/t20-,21+/m1/s1. The van der Waals surface area contributed by atoms with Gasteiger partial charge in [-0.05, 0) is 50.4 Å². The van der Waals surface area contributed by atoms with E-state index in [2.05, 4.69) is 12.2 Å². The third-order valence-corrected chi connectivity index (χ3v) is 8.35. The normalized spacial score (nSPS) is 30.7. The number of piperidine rings is 1. The van der Waals surface area contributed by atoms with Crippen LogP contribution in [0.25, 0.3) is 0 Å². The molecule has 4 aliphatic rings. The summed E-state index contributed by atoms with van der Waals surface area (Å²) in [6.45, 7) is 4.26. The molecular weight excluding hydrogens is 364 g/mol. The molecule has 2 saturated carbocycles. The van der Waals surface area contributed by atoms with Gasteiger partial charge in [-0.25, -0.2) is 4.79 Å². The summed E-state index contributed by atoms with van der Waals surface area (Å²) >= 11 is 0. The number of hydrogen-bond donors (Lipinski definition) is 1. The first-order valence-electron chi connectivity index (χ1n) is 12.4. The fourth-order valence-electron chi connectivity index (χ4n) is 6.90. The Morgan fingerprint density at radius 2 is 1.66 bits per heavy atom. The quantitative estimate of drug-likeness (QED) is 0.524. The van der Waals surface area contributed by atoms with Gasteiger partial charge in [0, 0.05) is 25.6 Å². The molecule has 0 aromatic carbocycles. The summed E-state index contributed by atoms with van der Waals surface area (Å²) < 4.78 is 6.50. The molecule has 0 aromatic heterocycles. The number of carbonyl (C=O) groups excluding carboxylic acids is 2. The Bertz CT molecular complexity index is 563. The topological polar surface area (TPSA) is 58.6 Å². The van der Waals surface area contributed by atoms with Crippen LogP contribution in [0.5, 0.6) is 0 Å². The van der Waals surface area contributed by atoms with E-state index in [0.717, 1.165) is 25.8 Å². The third kappa shape index (κ3) is 4.03. The highest BCUT2D eigenvalue weighted by Crippen LogP contribution is 2.56. The predicted molar refractivity (Wildman–Crippen MR) is 113 cm³/mol. The number of unbranched alkanes of at least 4 members (excludes halogenated alkanes) is 1. The molecule has 2 amide bonds. The molecule has 5 heteroatoms. The van der Waals surface area contributed by atoms with Gasteiger partial charge in [0.15, 0.2) is 0 Å². The molecule has 4 rings (SSSR count). The molecule has 2 aliphatic heterocycles. The Morgan fingerprint density at radius 3 is 2.24 bits per heavy atom. The number of likely N-dealkylation sites (tertiary alicyclic amines) is 1. The number of hydrogen-bond acceptors (Lipinski definition) is 3. The Balaban J connectivity index is 1.58. The molecule has 0 radical (unpaired) electrons. The second-order valence-corrected chi connectivity index (χ2v) is 9.98. The molecule has 1 N–H and O–H groups in total. The highest BCUT2D eigenvalue weighted by atomic mass is 16.6. The van der Waals surface area contributed by atoms with Crippen LogP contribution in [0.1, 0.15) is 90.4 Å². The molecule has 4 fully saturated rings. The molecule has 164 valence electrons. The van der Waals surface area contributed by atoms with E-state index in [1.165, 1.54) is 64.2 Å². The van der Waals surface area contributed by atoms with E-state index in [1.807, 2.05) is 4.90 Å². The van der Waals surface area contributed by atoms with Crippen LogP contribution in [0.3, 0.4) is 0 Å². The van der Waals surface area contributed by atoms with Crippen LogP contribution in [0.2, 0.25) is 0 Å². The van der Waals surface area contributed by atoms with Crippen molar-refractivity contribution < 1.29 is 14.3 Å². The van der Waals surface area contributed by atoms with Crippen molar-refractivity contribution in [1.29, 1.82) is 0 Å². The second kappa shape index (κ2) is 9.26. The largest absolute Gasteiger partial charge is 0.458 e. The summed E-state index contributed by atoms with van der Waals surface area (Å²) in [7, 11) is 0. The lowest BCUT2D eigenvalue weighted by Gasteiger charge is -2.50. The van der Waals surface area contributed by atoms with Crippen LogP contribution in [0.15, 0.2) is 0 Å². The Labute approximate surface area is 176 Å². The monoisotopic (exact) mass is 404 g/mol. The van der Waals surface area contributed by atoms with Crippen molar-refractivity contribution in [3.63, 3.8) is 0 Å². The van der Waals surface area contributed by atoms with E-state index < -0.39 is 0 Å². The molecule has 2 saturated heterocycles. The lowest BCUT2D eigenvalue weighted by molar-refractivity contribution is -0.169. The zero-order valence-corrected chi connectivity index (χ0v) is 18.3. The van der Waals surface area contributed by atoms with Gasteiger partial charge in [0.05, 0.1) is 5.92 Å². The third-order valence-electron chi connectivity index (χ3n) is 8.35. The van der Waals surface area contributed by atoms with E-state index in [-0.39, 0.29) is 29.4 Å². The summed E-state index contributed by atoms with van der Waals surface area (Å²) in [5.74, 6) is 1.20.